The van der Waals surface area contributed by atoms with Crippen LogP contribution in [0.2, 0.25) is 0 Å². The van der Waals surface area contributed by atoms with Crippen LogP contribution in [0.1, 0.15) is 6.92 Å². The largest absolute Gasteiger partial charge is 0.276 e. The van der Waals surface area contributed by atoms with Gasteiger partial charge in [0.1, 0.15) is 0 Å². The second kappa shape index (κ2) is 3.88. The zero-order chi connectivity index (χ0) is 6.57. The van der Waals surface area contributed by atoms with E-state index in [1.165, 1.54) is 3.58 Å². The van der Waals surface area contributed by atoms with Crippen LogP contribution in [0.15, 0.2) is 14.9 Å². The number of rotatable bonds is 2. The minimum Gasteiger partial charge on any atom is -0.276 e. The van der Waals surface area contributed by atoms with E-state index in [1.54, 1.807) is 5.01 Å². The summed E-state index contributed by atoms with van der Waals surface area (Å²) in [5.74, 6) is 0. The van der Waals surface area contributed by atoms with Crippen molar-refractivity contribution in [3.63, 3.8) is 0 Å². The number of halogens is 1. The highest BCUT2D eigenvalue weighted by Crippen LogP contribution is 2.03. The molecule has 0 spiro atoms. The molecule has 0 rings (SSSR count). The Hall–Kier alpha value is -0.0600. The first-order valence-corrected chi connectivity index (χ1v) is 3.28. The first kappa shape index (κ1) is 7.94. The molecule has 0 fully saturated rings. The Labute approximate surface area is 63.4 Å². The Kier molecular flexibility index (Phi) is 3.85. The van der Waals surface area contributed by atoms with Crippen LogP contribution in [0.5, 0.6) is 0 Å². The number of hydrogen-bond acceptors (Lipinski definition) is 2. The van der Waals surface area contributed by atoms with E-state index >= 15 is 0 Å². The number of hydrogen-bond donors (Lipinski definition) is 0. The van der Waals surface area contributed by atoms with Gasteiger partial charge in [0.15, 0.2) is 0 Å². The van der Waals surface area contributed by atoms with E-state index in [2.05, 4.69) is 34.4 Å². The van der Waals surface area contributed by atoms with Crippen LogP contribution in [-0.4, -0.2) is 18.8 Å². The van der Waals surface area contributed by atoms with Crippen LogP contribution in [0.4, 0.5) is 0 Å². The second-order valence-corrected chi connectivity index (χ2v) is 3.13. The van der Waals surface area contributed by atoms with Crippen LogP contribution >= 0.6 is 22.6 Å². The Bertz CT molecular complexity index is 105. The molecule has 0 atom stereocenters. The van der Waals surface area contributed by atoms with Gasteiger partial charge < -0.3 is 0 Å². The van der Waals surface area contributed by atoms with Crippen molar-refractivity contribution in [3.05, 3.63) is 9.78 Å². The molecule has 0 aliphatic carbocycles. The van der Waals surface area contributed by atoms with Gasteiger partial charge in [-0.05, 0) is 29.5 Å². The summed E-state index contributed by atoms with van der Waals surface area (Å²) in [5, 5.41) is 5.30. The second-order valence-electron chi connectivity index (χ2n) is 1.43. The van der Waals surface area contributed by atoms with Gasteiger partial charge in [-0.3, -0.25) is 5.01 Å². The summed E-state index contributed by atoms with van der Waals surface area (Å²) in [4.78, 5) is 0. The molecule has 0 aromatic heterocycles. The van der Waals surface area contributed by atoms with E-state index < -0.39 is 0 Å². The highest BCUT2D eigenvalue weighted by Gasteiger charge is 1.81. The molecule has 0 aliphatic heterocycles. The van der Waals surface area contributed by atoms with Gasteiger partial charge >= 0.3 is 0 Å². The molecule has 2 nitrogen and oxygen atoms in total. The van der Waals surface area contributed by atoms with E-state index in [0.717, 1.165) is 0 Å². The molecular formula is C5H9IN2. The summed E-state index contributed by atoms with van der Waals surface area (Å²) in [6.45, 7) is 5.34. The van der Waals surface area contributed by atoms with Crippen molar-refractivity contribution < 1.29 is 0 Å². The smallest absolute Gasteiger partial charge is 0.0318 e. The highest BCUT2D eigenvalue weighted by atomic mass is 127. The molecule has 8 heavy (non-hydrogen) atoms. The minimum atomic E-state index is 1.19. The van der Waals surface area contributed by atoms with Crippen LogP contribution in [0.3, 0.4) is 0 Å². The Balaban J connectivity index is 3.68. The van der Waals surface area contributed by atoms with Crippen molar-refractivity contribution in [1.29, 1.82) is 0 Å². The van der Waals surface area contributed by atoms with Crippen LogP contribution < -0.4 is 0 Å². The predicted octanol–water partition coefficient (Wildman–Crippen LogP) is 1.83. The van der Waals surface area contributed by atoms with Crippen LogP contribution in [-0.2, 0) is 0 Å². The average Bonchev–Trinajstić information content (AvgIpc) is 1.65. The van der Waals surface area contributed by atoms with Crippen molar-refractivity contribution in [2.45, 2.75) is 6.92 Å². The van der Waals surface area contributed by atoms with Crippen LogP contribution in [0, 0.1) is 0 Å². The van der Waals surface area contributed by atoms with Gasteiger partial charge in [0.2, 0.25) is 0 Å². The van der Waals surface area contributed by atoms with Gasteiger partial charge in [-0.25, -0.2) is 0 Å². The third-order valence-corrected chi connectivity index (χ3v) is 0.866. The van der Waals surface area contributed by atoms with E-state index in [-0.39, 0.29) is 0 Å². The van der Waals surface area contributed by atoms with Gasteiger partial charge in [-0.1, -0.05) is 0 Å². The lowest BCUT2D eigenvalue weighted by molar-refractivity contribution is 0.494. The zero-order valence-electron chi connectivity index (χ0n) is 5.06. The summed E-state index contributed by atoms with van der Waals surface area (Å²) in [6, 6.07) is 0. The average molecular weight is 224 g/mol. The quantitative estimate of drug-likeness (QED) is 0.397. The molecule has 0 amide bonds. The van der Waals surface area contributed by atoms with Crippen LogP contribution in [0.25, 0.3) is 0 Å². The molecule has 46 valence electrons. The maximum Gasteiger partial charge on any atom is 0.0318 e. The summed E-state index contributed by atoms with van der Waals surface area (Å²) >= 11 is 2.21. The molecule has 0 saturated carbocycles. The number of allylic oxidation sites excluding steroid dienone is 1. The minimum absolute atomic E-state index is 1.19. The summed E-state index contributed by atoms with van der Waals surface area (Å²) in [5.41, 5.74) is 0. The first-order chi connectivity index (χ1) is 3.66. The van der Waals surface area contributed by atoms with Gasteiger partial charge in [0.25, 0.3) is 0 Å². The molecule has 0 aromatic carbocycles. The lowest BCUT2D eigenvalue weighted by Gasteiger charge is -2.03. The maximum absolute atomic E-state index is 3.63. The predicted molar refractivity (Wildman–Crippen MR) is 45.1 cm³/mol. The van der Waals surface area contributed by atoms with E-state index in [0.29, 0.717) is 0 Å². The normalized spacial score (nSPS) is 11.1. The standard InChI is InChI=1S/C5H9IN2/c1-5(6)4-8(3)7-2/h4H,2H2,1,3H3/b5-4+. The molecule has 0 aliphatic rings. The fraction of sp³-hybridized carbons (Fsp3) is 0.400. The summed E-state index contributed by atoms with van der Waals surface area (Å²) in [6.07, 6.45) is 1.90. The van der Waals surface area contributed by atoms with Crippen molar-refractivity contribution in [3.8, 4) is 0 Å². The van der Waals surface area contributed by atoms with Gasteiger partial charge in [-0.15, -0.1) is 0 Å². The summed E-state index contributed by atoms with van der Waals surface area (Å²) < 4.78 is 1.19. The van der Waals surface area contributed by atoms with Gasteiger partial charge in [0, 0.05) is 23.5 Å². The zero-order valence-corrected chi connectivity index (χ0v) is 7.21. The first-order valence-electron chi connectivity index (χ1n) is 2.20. The summed E-state index contributed by atoms with van der Waals surface area (Å²) in [7, 11) is 1.84. The molecule has 0 N–H and O–H groups in total. The molecule has 0 aromatic rings. The lowest BCUT2D eigenvalue weighted by Crippen LogP contribution is -1.98. The fourth-order valence-electron chi connectivity index (χ4n) is 0.298. The highest BCUT2D eigenvalue weighted by molar-refractivity contribution is 14.1. The monoisotopic (exact) mass is 224 g/mol. The molecule has 0 bridgehead atoms. The Morgan fingerprint density at radius 2 is 2.38 bits per heavy atom. The molecule has 0 unspecified atom stereocenters. The molecule has 0 heterocycles. The third-order valence-electron chi connectivity index (χ3n) is 0.588. The van der Waals surface area contributed by atoms with Gasteiger partial charge in [-0.2, -0.15) is 5.10 Å². The maximum atomic E-state index is 3.63. The van der Waals surface area contributed by atoms with Gasteiger partial charge in [0.05, 0.1) is 0 Å². The SMILES string of the molecule is C=NN(C)/C=C(\C)I. The van der Waals surface area contributed by atoms with E-state index in [4.69, 9.17) is 0 Å². The molecule has 0 radical (unpaired) electrons. The molecular weight excluding hydrogens is 215 g/mol. The lowest BCUT2D eigenvalue weighted by atomic mass is 10.7. The van der Waals surface area contributed by atoms with E-state index in [9.17, 15) is 0 Å². The molecule has 3 heteroatoms. The third kappa shape index (κ3) is 4.11. The van der Waals surface area contributed by atoms with Crippen molar-refractivity contribution in [2.75, 3.05) is 7.05 Å². The van der Waals surface area contributed by atoms with Crippen molar-refractivity contribution in [2.24, 2.45) is 5.10 Å². The number of hydrazone groups is 1. The van der Waals surface area contributed by atoms with Crippen molar-refractivity contribution >= 4 is 29.3 Å². The van der Waals surface area contributed by atoms with E-state index in [1.807, 2.05) is 20.2 Å². The Morgan fingerprint density at radius 3 is 2.50 bits per heavy atom. The molecule has 0 saturated heterocycles. The topological polar surface area (TPSA) is 15.6 Å². The van der Waals surface area contributed by atoms with Crippen molar-refractivity contribution in [1.82, 2.24) is 5.01 Å². The Morgan fingerprint density at radius 1 is 1.88 bits per heavy atom. The fourth-order valence-corrected chi connectivity index (χ4v) is 0.701. The number of nitrogens with zero attached hydrogens (tertiary/aromatic N) is 2.